The van der Waals surface area contributed by atoms with Gasteiger partial charge in [-0.2, -0.15) is 0 Å². The first kappa shape index (κ1) is 26.0. The molecule has 0 bridgehead atoms. The normalized spacial score (nSPS) is 14.6. The van der Waals surface area contributed by atoms with E-state index in [2.05, 4.69) is 0 Å². The molecule has 194 valence electrons. The van der Waals surface area contributed by atoms with E-state index >= 15 is 0 Å². The summed E-state index contributed by atoms with van der Waals surface area (Å²) >= 11 is 0. The number of nitro benzene ring substituents is 1. The highest BCUT2D eigenvalue weighted by atomic mass is 16.6. The first-order chi connectivity index (χ1) is 18.2. The van der Waals surface area contributed by atoms with Gasteiger partial charge in [0.1, 0.15) is 11.5 Å². The molecular weight excluding hydrogens is 496 g/mol. The number of rotatable bonds is 9. The van der Waals surface area contributed by atoms with Gasteiger partial charge in [-0.05, 0) is 48.5 Å². The van der Waals surface area contributed by atoms with Crippen molar-refractivity contribution in [2.24, 2.45) is 5.92 Å². The van der Waals surface area contributed by atoms with Crippen LogP contribution in [0.1, 0.15) is 27.1 Å². The molecule has 0 aliphatic carbocycles. The van der Waals surface area contributed by atoms with Gasteiger partial charge in [0.2, 0.25) is 5.91 Å². The third-order valence-electron chi connectivity index (χ3n) is 5.85. The van der Waals surface area contributed by atoms with Crippen LogP contribution in [0.2, 0.25) is 0 Å². The number of ether oxygens (including phenoxy) is 3. The molecule has 3 aromatic rings. The van der Waals surface area contributed by atoms with Crippen molar-refractivity contribution in [3.05, 3.63) is 94.0 Å². The van der Waals surface area contributed by atoms with Crippen molar-refractivity contribution >= 4 is 35.0 Å². The summed E-state index contributed by atoms with van der Waals surface area (Å²) in [5.74, 6) is -2.26. The van der Waals surface area contributed by atoms with Crippen molar-refractivity contribution in [3.63, 3.8) is 0 Å². The van der Waals surface area contributed by atoms with Crippen molar-refractivity contribution in [3.8, 4) is 11.5 Å². The number of ketones is 1. The molecule has 0 N–H and O–H groups in total. The van der Waals surface area contributed by atoms with Gasteiger partial charge in [0, 0.05) is 30.7 Å². The van der Waals surface area contributed by atoms with E-state index in [1.165, 1.54) is 60.5 Å². The Morgan fingerprint density at radius 2 is 1.71 bits per heavy atom. The Morgan fingerprint density at radius 1 is 0.974 bits per heavy atom. The third kappa shape index (κ3) is 6.01. The van der Waals surface area contributed by atoms with Crippen molar-refractivity contribution in [1.82, 2.24) is 0 Å². The Labute approximate surface area is 216 Å². The van der Waals surface area contributed by atoms with Crippen LogP contribution in [0, 0.1) is 16.0 Å². The molecule has 3 aromatic carbocycles. The number of nitrogens with zero attached hydrogens (tertiary/aromatic N) is 2. The highest BCUT2D eigenvalue weighted by Gasteiger charge is 2.36. The Morgan fingerprint density at radius 3 is 2.42 bits per heavy atom. The smallest absolute Gasteiger partial charge is 0.343 e. The van der Waals surface area contributed by atoms with Gasteiger partial charge in [-0.25, -0.2) is 4.79 Å². The molecule has 1 fully saturated rings. The largest absolute Gasteiger partial charge is 0.497 e. The number of amides is 1. The Hall–Kier alpha value is -5.06. The molecule has 1 aliphatic rings. The molecule has 1 atom stereocenters. The molecule has 0 unspecified atom stereocenters. The highest BCUT2D eigenvalue weighted by Crippen LogP contribution is 2.28. The van der Waals surface area contributed by atoms with E-state index in [1.807, 2.05) is 0 Å². The van der Waals surface area contributed by atoms with E-state index in [0.29, 0.717) is 17.0 Å². The minimum atomic E-state index is -0.812. The maximum Gasteiger partial charge on any atom is 0.343 e. The summed E-state index contributed by atoms with van der Waals surface area (Å²) in [5, 5.41) is 11.0. The van der Waals surface area contributed by atoms with Gasteiger partial charge in [0.15, 0.2) is 12.4 Å². The van der Waals surface area contributed by atoms with Crippen LogP contribution < -0.4 is 14.4 Å². The lowest BCUT2D eigenvalue weighted by Crippen LogP contribution is -2.27. The molecule has 1 aliphatic heterocycles. The molecule has 38 heavy (non-hydrogen) atoms. The molecule has 1 heterocycles. The maximum absolute atomic E-state index is 12.5. The molecule has 0 radical (unpaired) electrons. The summed E-state index contributed by atoms with van der Waals surface area (Å²) in [7, 11) is 1.49. The maximum atomic E-state index is 12.5. The lowest BCUT2D eigenvalue weighted by Gasteiger charge is -2.16. The Bertz CT molecular complexity index is 1400. The molecule has 11 nitrogen and oxygen atoms in total. The molecule has 11 heteroatoms. The molecular formula is C27H22N2O9. The van der Waals surface area contributed by atoms with E-state index in [0.717, 1.165) is 0 Å². The summed E-state index contributed by atoms with van der Waals surface area (Å²) < 4.78 is 15.5. The summed E-state index contributed by atoms with van der Waals surface area (Å²) in [6.07, 6.45) is -0.136. The van der Waals surface area contributed by atoms with E-state index in [-0.39, 0.29) is 35.9 Å². The van der Waals surface area contributed by atoms with E-state index in [1.54, 1.807) is 24.3 Å². The monoisotopic (exact) mass is 518 g/mol. The number of non-ortho nitro benzene ring substituents is 1. The molecule has 0 saturated carbocycles. The number of Topliss-reactive ketones (excluding diaryl/α,β-unsaturated/α-hetero) is 1. The summed E-state index contributed by atoms with van der Waals surface area (Å²) in [5.41, 5.74) is 0.668. The van der Waals surface area contributed by atoms with Gasteiger partial charge in [0.25, 0.3) is 5.69 Å². The van der Waals surface area contributed by atoms with Crippen molar-refractivity contribution in [2.45, 2.75) is 6.42 Å². The van der Waals surface area contributed by atoms with E-state index in [9.17, 15) is 29.3 Å². The van der Waals surface area contributed by atoms with Gasteiger partial charge in [-0.3, -0.25) is 24.5 Å². The fourth-order valence-corrected chi connectivity index (χ4v) is 3.85. The Kier molecular flexibility index (Phi) is 7.76. The van der Waals surface area contributed by atoms with Crippen molar-refractivity contribution < 1.29 is 38.3 Å². The molecule has 1 amide bonds. The summed E-state index contributed by atoms with van der Waals surface area (Å²) in [6, 6.07) is 17.8. The molecule has 0 aromatic heterocycles. The SMILES string of the molecule is COc1cccc(C(=O)Oc2ccc(C(=O)COC(=O)[C@H]3CC(=O)N(c4cccc([N+](=O)[O-])c4)C3)cc2)c1. The predicted molar refractivity (Wildman–Crippen MR) is 133 cm³/mol. The molecule has 1 saturated heterocycles. The second-order valence-electron chi connectivity index (χ2n) is 8.36. The van der Waals surface area contributed by atoms with Gasteiger partial charge in [-0.1, -0.05) is 12.1 Å². The first-order valence-electron chi connectivity index (χ1n) is 11.5. The topological polar surface area (TPSA) is 142 Å². The number of benzene rings is 3. The zero-order valence-corrected chi connectivity index (χ0v) is 20.2. The van der Waals surface area contributed by atoms with E-state index < -0.39 is 35.2 Å². The van der Waals surface area contributed by atoms with Crippen LogP contribution in [0.5, 0.6) is 11.5 Å². The lowest BCUT2D eigenvalue weighted by atomic mass is 10.1. The fraction of sp³-hybridized carbons (Fsp3) is 0.185. The molecule has 0 spiro atoms. The van der Waals surface area contributed by atoms with E-state index in [4.69, 9.17) is 14.2 Å². The van der Waals surface area contributed by atoms with Crippen molar-refractivity contribution in [2.75, 3.05) is 25.2 Å². The minimum Gasteiger partial charge on any atom is -0.497 e. The number of hydrogen-bond donors (Lipinski definition) is 0. The summed E-state index contributed by atoms with van der Waals surface area (Å²) in [4.78, 5) is 61.5. The summed E-state index contributed by atoms with van der Waals surface area (Å²) in [6.45, 7) is -0.552. The zero-order valence-electron chi connectivity index (χ0n) is 20.2. The second kappa shape index (κ2) is 11.3. The third-order valence-corrected chi connectivity index (χ3v) is 5.85. The van der Waals surface area contributed by atoms with Crippen LogP contribution >= 0.6 is 0 Å². The van der Waals surface area contributed by atoms with Gasteiger partial charge in [-0.15, -0.1) is 0 Å². The first-order valence-corrected chi connectivity index (χ1v) is 11.5. The number of esters is 2. The number of hydrogen-bond acceptors (Lipinski definition) is 9. The Balaban J connectivity index is 1.30. The molecule has 4 rings (SSSR count). The van der Waals surface area contributed by atoms with Crippen molar-refractivity contribution in [1.29, 1.82) is 0 Å². The van der Waals surface area contributed by atoms with Crippen LogP contribution in [0.25, 0.3) is 0 Å². The number of nitro groups is 1. The second-order valence-corrected chi connectivity index (χ2v) is 8.36. The lowest BCUT2D eigenvalue weighted by molar-refractivity contribution is -0.384. The van der Waals surface area contributed by atoms with Crippen LogP contribution in [-0.4, -0.2) is 48.8 Å². The number of carbonyl (C=O) groups excluding carboxylic acids is 4. The minimum absolute atomic E-state index is 0.0135. The predicted octanol–water partition coefficient (Wildman–Crippen LogP) is 3.60. The van der Waals surface area contributed by atoms with Crippen LogP contribution in [0.4, 0.5) is 11.4 Å². The number of methoxy groups -OCH3 is 1. The number of carbonyl (C=O) groups is 4. The van der Waals surface area contributed by atoms with Gasteiger partial charge >= 0.3 is 11.9 Å². The van der Waals surface area contributed by atoms with Crippen LogP contribution in [0.3, 0.4) is 0 Å². The average Bonchev–Trinajstić information content (AvgIpc) is 3.33. The van der Waals surface area contributed by atoms with Crippen LogP contribution in [-0.2, 0) is 14.3 Å². The van der Waals surface area contributed by atoms with Gasteiger partial charge in [0.05, 0.1) is 29.2 Å². The van der Waals surface area contributed by atoms with Crippen LogP contribution in [0.15, 0.2) is 72.8 Å². The standard InChI is InChI=1S/C27H22N2O9/c1-36-23-7-2-4-18(12-23)27(33)38-22-10-8-17(9-11-22)24(30)16-37-26(32)19-13-25(31)28(15-19)20-5-3-6-21(14-20)29(34)35/h2-12,14,19H,13,15-16H2,1H3/t19-/m0/s1. The zero-order chi connectivity index (χ0) is 27.2. The number of anilines is 1. The quantitative estimate of drug-likeness (QED) is 0.136. The average molecular weight is 518 g/mol. The highest BCUT2D eigenvalue weighted by molar-refractivity contribution is 6.01. The fourth-order valence-electron chi connectivity index (χ4n) is 3.85. The van der Waals surface area contributed by atoms with Gasteiger partial charge < -0.3 is 19.1 Å².